The molecule has 23 heavy (non-hydrogen) atoms. The molecule has 1 aromatic carbocycles. The molecule has 118 valence electrons. The van der Waals surface area contributed by atoms with Gasteiger partial charge in [0.15, 0.2) is 5.82 Å². The fourth-order valence-corrected chi connectivity index (χ4v) is 2.69. The van der Waals surface area contributed by atoms with Crippen molar-refractivity contribution >= 4 is 16.7 Å². The zero-order chi connectivity index (χ0) is 16.1. The molecule has 0 amide bonds. The first-order chi connectivity index (χ1) is 11.3. The van der Waals surface area contributed by atoms with Gasteiger partial charge >= 0.3 is 0 Å². The number of para-hydroxylation sites is 1. The van der Waals surface area contributed by atoms with Crippen molar-refractivity contribution in [1.29, 1.82) is 0 Å². The Morgan fingerprint density at radius 1 is 1.00 bits per heavy atom. The van der Waals surface area contributed by atoms with Crippen LogP contribution in [0.4, 0.5) is 5.82 Å². The minimum absolute atomic E-state index is 0.738. The van der Waals surface area contributed by atoms with Gasteiger partial charge in [0.1, 0.15) is 5.82 Å². The Hall–Kier alpha value is -2.49. The molecule has 4 heteroatoms. The highest BCUT2D eigenvalue weighted by molar-refractivity contribution is 5.91. The Morgan fingerprint density at radius 3 is 2.61 bits per heavy atom. The van der Waals surface area contributed by atoms with E-state index in [9.17, 15) is 0 Å². The summed E-state index contributed by atoms with van der Waals surface area (Å²) in [5.41, 5.74) is 1.93. The molecule has 4 nitrogen and oxygen atoms in total. The zero-order valence-corrected chi connectivity index (χ0v) is 13.7. The Bertz CT molecular complexity index is 771. The van der Waals surface area contributed by atoms with Gasteiger partial charge in [0.05, 0.1) is 5.52 Å². The van der Waals surface area contributed by atoms with Crippen LogP contribution in [-0.2, 0) is 0 Å². The molecule has 2 heterocycles. The number of unbranched alkanes of at least 4 members (excludes halogenated alkanes) is 1. The molecule has 0 fully saturated rings. The number of benzene rings is 1. The SMILES string of the molecule is CCCCN(CC)c1nc(-c2cccnc2)nc2ccccc12. The van der Waals surface area contributed by atoms with Gasteiger partial charge in [-0.25, -0.2) is 9.97 Å². The third kappa shape index (κ3) is 3.31. The summed E-state index contributed by atoms with van der Waals surface area (Å²) in [5.74, 6) is 1.76. The summed E-state index contributed by atoms with van der Waals surface area (Å²) in [6.45, 7) is 6.34. The summed E-state index contributed by atoms with van der Waals surface area (Å²) in [6.07, 6.45) is 5.92. The van der Waals surface area contributed by atoms with E-state index >= 15 is 0 Å². The number of hydrogen-bond donors (Lipinski definition) is 0. The molecule has 0 spiro atoms. The van der Waals surface area contributed by atoms with Crippen LogP contribution in [-0.4, -0.2) is 28.0 Å². The van der Waals surface area contributed by atoms with Gasteiger partial charge in [-0.3, -0.25) is 4.98 Å². The molecule has 0 atom stereocenters. The first-order valence-electron chi connectivity index (χ1n) is 8.25. The summed E-state index contributed by atoms with van der Waals surface area (Å²) in [6, 6.07) is 12.1. The normalized spacial score (nSPS) is 10.9. The van der Waals surface area contributed by atoms with Crippen LogP contribution in [0.5, 0.6) is 0 Å². The van der Waals surface area contributed by atoms with Crippen molar-refractivity contribution < 1.29 is 0 Å². The van der Waals surface area contributed by atoms with E-state index in [0.717, 1.165) is 47.6 Å². The molecule has 0 bridgehead atoms. The van der Waals surface area contributed by atoms with Gasteiger partial charge in [-0.1, -0.05) is 25.5 Å². The van der Waals surface area contributed by atoms with Crippen molar-refractivity contribution in [2.75, 3.05) is 18.0 Å². The van der Waals surface area contributed by atoms with Crippen LogP contribution in [0.25, 0.3) is 22.3 Å². The molecule has 0 saturated heterocycles. The first kappa shape index (κ1) is 15.4. The molecular weight excluding hydrogens is 284 g/mol. The molecular formula is C19H22N4. The Labute approximate surface area is 137 Å². The van der Waals surface area contributed by atoms with Crippen molar-refractivity contribution in [3.05, 3.63) is 48.8 Å². The molecule has 2 aromatic heterocycles. The lowest BCUT2D eigenvalue weighted by Gasteiger charge is -2.23. The summed E-state index contributed by atoms with van der Waals surface area (Å²) >= 11 is 0. The summed E-state index contributed by atoms with van der Waals surface area (Å²) in [7, 11) is 0. The maximum Gasteiger partial charge on any atom is 0.163 e. The lowest BCUT2D eigenvalue weighted by atomic mass is 10.2. The average molecular weight is 306 g/mol. The quantitative estimate of drug-likeness (QED) is 0.680. The van der Waals surface area contributed by atoms with Crippen LogP contribution in [0.1, 0.15) is 26.7 Å². The number of aromatic nitrogens is 3. The highest BCUT2D eigenvalue weighted by atomic mass is 15.2. The van der Waals surface area contributed by atoms with Gasteiger partial charge in [-0.05, 0) is 37.6 Å². The maximum atomic E-state index is 4.87. The van der Waals surface area contributed by atoms with Crippen molar-refractivity contribution in [1.82, 2.24) is 15.0 Å². The predicted octanol–water partition coefficient (Wildman–Crippen LogP) is 4.32. The molecule has 0 radical (unpaired) electrons. The van der Waals surface area contributed by atoms with E-state index in [1.807, 2.05) is 36.5 Å². The number of nitrogens with zero attached hydrogens (tertiary/aromatic N) is 4. The van der Waals surface area contributed by atoms with Crippen LogP contribution < -0.4 is 4.90 Å². The topological polar surface area (TPSA) is 41.9 Å². The van der Waals surface area contributed by atoms with Crippen LogP contribution in [0.15, 0.2) is 48.8 Å². The van der Waals surface area contributed by atoms with Gasteiger partial charge in [-0.2, -0.15) is 0 Å². The van der Waals surface area contributed by atoms with E-state index in [2.05, 4.69) is 29.8 Å². The Morgan fingerprint density at radius 2 is 1.87 bits per heavy atom. The minimum atomic E-state index is 0.738. The maximum absolute atomic E-state index is 4.87. The van der Waals surface area contributed by atoms with E-state index in [0.29, 0.717) is 0 Å². The van der Waals surface area contributed by atoms with Crippen molar-refractivity contribution in [3.8, 4) is 11.4 Å². The standard InChI is InChI=1S/C19H22N4/c1-3-5-13-23(4-2)19-16-10-6-7-11-17(16)21-18(22-19)15-9-8-12-20-14-15/h6-12,14H,3-5,13H2,1-2H3. The average Bonchev–Trinajstić information content (AvgIpc) is 2.62. The van der Waals surface area contributed by atoms with Crippen LogP contribution in [0.3, 0.4) is 0 Å². The number of pyridine rings is 1. The molecule has 0 N–H and O–H groups in total. The summed E-state index contributed by atoms with van der Waals surface area (Å²) in [4.78, 5) is 16.1. The van der Waals surface area contributed by atoms with E-state index in [1.165, 1.54) is 6.42 Å². The van der Waals surface area contributed by atoms with Gasteiger partial charge in [0.25, 0.3) is 0 Å². The van der Waals surface area contributed by atoms with Crippen molar-refractivity contribution in [2.45, 2.75) is 26.7 Å². The highest BCUT2D eigenvalue weighted by Crippen LogP contribution is 2.27. The number of fused-ring (bicyclic) bond motifs is 1. The molecule has 0 aliphatic rings. The molecule has 0 saturated carbocycles. The molecule has 0 aliphatic heterocycles. The molecule has 0 unspecified atom stereocenters. The summed E-state index contributed by atoms with van der Waals surface area (Å²) in [5, 5.41) is 1.11. The first-order valence-corrected chi connectivity index (χ1v) is 8.25. The van der Waals surface area contributed by atoms with Crippen molar-refractivity contribution in [2.24, 2.45) is 0 Å². The highest BCUT2D eigenvalue weighted by Gasteiger charge is 2.14. The monoisotopic (exact) mass is 306 g/mol. The molecule has 3 aromatic rings. The second kappa shape index (κ2) is 7.18. The number of hydrogen-bond acceptors (Lipinski definition) is 4. The number of rotatable bonds is 6. The van der Waals surface area contributed by atoms with Gasteiger partial charge in [0, 0.05) is 36.4 Å². The van der Waals surface area contributed by atoms with Crippen LogP contribution in [0, 0.1) is 0 Å². The van der Waals surface area contributed by atoms with Crippen LogP contribution in [0.2, 0.25) is 0 Å². The van der Waals surface area contributed by atoms with E-state index in [1.54, 1.807) is 6.20 Å². The van der Waals surface area contributed by atoms with Gasteiger partial charge in [-0.15, -0.1) is 0 Å². The Balaban J connectivity index is 2.14. The van der Waals surface area contributed by atoms with E-state index in [-0.39, 0.29) is 0 Å². The van der Waals surface area contributed by atoms with Crippen LogP contribution >= 0.6 is 0 Å². The smallest absolute Gasteiger partial charge is 0.163 e. The van der Waals surface area contributed by atoms with Gasteiger partial charge < -0.3 is 4.90 Å². The second-order valence-electron chi connectivity index (χ2n) is 5.56. The lowest BCUT2D eigenvalue weighted by molar-refractivity contribution is 0.726. The fraction of sp³-hybridized carbons (Fsp3) is 0.316. The fourth-order valence-electron chi connectivity index (χ4n) is 2.69. The third-order valence-electron chi connectivity index (χ3n) is 3.97. The van der Waals surface area contributed by atoms with E-state index < -0.39 is 0 Å². The number of anilines is 1. The zero-order valence-electron chi connectivity index (χ0n) is 13.7. The predicted molar refractivity (Wildman–Crippen MR) is 95.6 cm³/mol. The largest absolute Gasteiger partial charge is 0.356 e. The van der Waals surface area contributed by atoms with E-state index in [4.69, 9.17) is 9.97 Å². The Kier molecular flexibility index (Phi) is 4.81. The molecule has 3 rings (SSSR count). The lowest BCUT2D eigenvalue weighted by Crippen LogP contribution is -2.25. The molecule has 0 aliphatic carbocycles. The minimum Gasteiger partial charge on any atom is -0.356 e. The second-order valence-corrected chi connectivity index (χ2v) is 5.56. The van der Waals surface area contributed by atoms with Crippen molar-refractivity contribution in [3.63, 3.8) is 0 Å². The van der Waals surface area contributed by atoms with Gasteiger partial charge in [0.2, 0.25) is 0 Å². The third-order valence-corrected chi connectivity index (χ3v) is 3.97. The summed E-state index contributed by atoms with van der Waals surface area (Å²) < 4.78 is 0.